The molecule has 2 aromatic heterocycles. The number of nitrogens with zero attached hydrogens (tertiary/aromatic N) is 2. The van der Waals surface area contributed by atoms with E-state index in [0.717, 1.165) is 16.6 Å². The Morgan fingerprint density at radius 2 is 1.87 bits per heavy atom. The van der Waals surface area contributed by atoms with E-state index in [2.05, 4.69) is 27.4 Å². The second-order valence-electron chi connectivity index (χ2n) is 5.10. The molecule has 23 heavy (non-hydrogen) atoms. The Balaban J connectivity index is 1.80. The first-order chi connectivity index (χ1) is 11.1. The Morgan fingerprint density at radius 1 is 1.09 bits per heavy atom. The number of benzene rings is 1. The van der Waals surface area contributed by atoms with Crippen LogP contribution in [0.2, 0.25) is 0 Å². The van der Waals surface area contributed by atoms with Crippen LogP contribution in [0.4, 0.5) is 0 Å². The van der Waals surface area contributed by atoms with E-state index in [1.54, 1.807) is 12.3 Å². The maximum absolute atomic E-state index is 12.5. The highest BCUT2D eigenvalue weighted by molar-refractivity contribution is 6.06. The zero-order chi connectivity index (χ0) is 16.2. The predicted molar refractivity (Wildman–Crippen MR) is 90.4 cm³/mol. The minimum Gasteiger partial charge on any atom is -0.297 e. The standard InChI is InChI=1S/C18H16N4O/c1-12-11-15(14-7-3-4-9-17(14)20-12)18(23)22-21-13(2)16-8-5-6-10-19-16/h3-11,21H,2H2,1H3,(H,22,23). The second-order valence-corrected chi connectivity index (χ2v) is 5.10. The highest BCUT2D eigenvalue weighted by Gasteiger charge is 2.12. The third kappa shape index (κ3) is 3.18. The molecule has 0 saturated heterocycles. The van der Waals surface area contributed by atoms with E-state index in [0.29, 0.717) is 17.0 Å². The van der Waals surface area contributed by atoms with Crippen molar-refractivity contribution in [3.8, 4) is 0 Å². The Morgan fingerprint density at radius 3 is 2.65 bits per heavy atom. The Hall–Kier alpha value is -3.21. The molecule has 114 valence electrons. The summed E-state index contributed by atoms with van der Waals surface area (Å²) in [6.07, 6.45) is 1.67. The van der Waals surface area contributed by atoms with Gasteiger partial charge in [0.05, 0.1) is 22.5 Å². The van der Waals surface area contributed by atoms with Gasteiger partial charge < -0.3 is 0 Å². The van der Waals surface area contributed by atoms with Gasteiger partial charge in [0.2, 0.25) is 0 Å². The highest BCUT2D eigenvalue weighted by Crippen LogP contribution is 2.18. The van der Waals surface area contributed by atoms with E-state index in [-0.39, 0.29) is 5.91 Å². The van der Waals surface area contributed by atoms with E-state index in [1.165, 1.54) is 0 Å². The molecule has 2 heterocycles. The van der Waals surface area contributed by atoms with Crippen molar-refractivity contribution in [1.29, 1.82) is 0 Å². The van der Waals surface area contributed by atoms with Crippen molar-refractivity contribution in [2.24, 2.45) is 0 Å². The molecule has 0 aliphatic carbocycles. The lowest BCUT2D eigenvalue weighted by molar-refractivity contribution is 0.0944. The second kappa shape index (κ2) is 6.27. The fourth-order valence-electron chi connectivity index (χ4n) is 2.30. The van der Waals surface area contributed by atoms with Gasteiger partial charge in [-0.25, -0.2) is 0 Å². The Kier molecular flexibility index (Phi) is 4.01. The molecule has 5 nitrogen and oxygen atoms in total. The van der Waals surface area contributed by atoms with Crippen molar-refractivity contribution in [1.82, 2.24) is 20.8 Å². The smallest absolute Gasteiger partial charge is 0.270 e. The van der Waals surface area contributed by atoms with Gasteiger partial charge in [-0.1, -0.05) is 30.8 Å². The van der Waals surface area contributed by atoms with Gasteiger partial charge in [0, 0.05) is 17.3 Å². The molecule has 5 heteroatoms. The first kappa shape index (κ1) is 14.7. The summed E-state index contributed by atoms with van der Waals surface area (Å²) in [6, 6.07) is 14.8. The summed E-state index contributed by atoms with van der Waals surface area (Å²) in [4.78, 5) is 21.1. The van der Waals surface area contributed by atoms with Crippen molar-refractivity contribution in [3.05, 3.63) is 78.3 Å². The first-order valence-electron chi connectivity index (χ1n) is 7.18. The lowest BCUT2D eigenvalue weighted by Gasteiger charge is -2.12. The normalized spacial score (nSPS) is 10.3. The quantitative estimate of drug-likeness (QED) is 0.727. The summed E-state index contributed by atoms with van der Waals surface area (Å²) in [5.74, 6) is -0.246. The van der Waals surface area contributed by atoms with Crippen LogP contribution in [-0.2, 0) is 0 Å². The van der Waals surface area contributed by atoms with Crippen molar-refractivity contribution < 1.29 is 4.79 Å². The van der Waals surface area contributed by atoms with Crippen LogP contribution in [0.25, 0.3) is 16.6 Å². The number of hydrazine groups is 1. The molecule has 0 bridgehead atoms. The number of rotatable bonds is 4. The average molecular weight is 304 g/mol. The molecule has 3 aromatic rings. The Labute approximate surface area is 134 Å². The lowest BCUT2D eigenvalue weighted by atomic mass is 10.1. The number of para-hydroxylation sites is 1. The molecule has 1 aromatic carbocycles. The van der Waals surface area contributed by atoms with Gasteiger partial charge in [0.15, 0.2) is 0 Å². The van der Waals surface area contributed by atoms with Gasteiger partial charge in [-0.3, -0.25) is 25.6 Å². The number of carbonyl (C=O) groups excluding carboxylic acids is 1. The van der Waals surface area contributed by atoms with Gasteiger partial charge in [-0.2, -0.15) is 0 Å². The molecule has 0 saturated carbocycles. The summed E-state index contributed by atoms with van der Waals surface area (Å²) in [6.45, 7) is 5.73. The van der Waals surface area contributed by atoms with E-state index >= 15 is 0 Å². The van der Waals surface area contributed by atoms with Crippen molar-refractivity contribution >= 4 is 22.5 Å². The molecule has 0 radical (unpaired) electrons. The maximum atomic E-state index is 12.5. The first-order valence-corrected chi connectivity index (χ1v) is 7.18. The zero-order valence-electron chi connectivity index (χ0n) is 12.7. The van der Waals surface area contributed by atoms with Crippen LogP contribution in [0, 0.1) is 6.92 Å². The van der Waals surface area contributed by atoms with E-state index < -0.39 is 0 Å². The number of aryl methyl sites for hydroxylation is 1. The third-order valence-electron chi connectivity index (χ3n) is 3.39. The number of carbonyl (C=O) groups is 1. The summed E-state index contributed by atoms with van der Waals surface area (Å²) in [5.41, 5.74) is 8.80. The minimum atomic E-state index is -0.246. The highest BCUT2D eigenvalue weighted by atomic mass is 16.2. The van der Waals surface area contributed by atoms with Crippen molar-refractivity contribution in [3.63, 3.8) is 0 Å². The molecular formula is C18H16N4O. The third-order valence-corrected chi connectivity index (χ3v) is 3.39. The van der Waals surface area contributed by atoms with Crippen molar-refractivity contribution in [2.75, 3.05) is 0 Å². The Bertz CT molecular complexity index is 875. The van der Waals surface area contributed by atoms with Crippen LogP contribution in [0.1, 0.15) is 21.7 Å². The zero-order valence-corrected chi connectivity index (χ0v) is 12.7. The monoisotopic (exact) mass is 304 g/mol. The minimum absolute atomic E-state index is 0.246. The van der Waals surface area contributed by atoms with Gasteiger partial charge in [0.1, 0.15) is 0 Å². The van der Waals surface area contributed by atoms with Gasteiger partial charge in [0.25, 0.3) is 5.91 Å². The molecule has 0 unspecified atom stereocenters. The number of amides is 1. The number of pyridine rings is 2. The summed E-state index contributed by atoms with van der Waals surface area (Å²) >= 11 is 0. The molecule has 0 atom stereocenters. The summed E-state index contributed by atoms with van der Waals surface area (Å²) < 4.78 is 0. The number of nitrogens with one attached hydrogen (secondary N) is 2. The van der Waals surface area contributed by atoms with E-state index in [1.807, 2.05) is 49.4 Å². The topological polar surface area (TPSA) is 66.9 Å². The summed E-state index contributed by atoms with van der Waals surface area (Å²) in [7, 11) is 0. The predicted octanol–water partition coefficient (Wildman–Crippen LogP) is 2.84. The molecule has 2 N–H and O–H groups in total. The van der Waals surface area contributed by atoms with Crippen LogP contribution < -0.4 is 10.9 Å². The van der Waals surface area contributed by atoms with Gasteiger partial charge >= 0.3 is 0 Å². The molecule has 3 rings (SSSR count). The summed E-state index contributed by atoms with van der Waals surface area (Å²) in [5, 5.41) is 0.806. The molecule has 0 aliphatic heterocycles. The number of fused-ring (bicyclic) bond motifs is 1. The number of hydrogen-bond donors (Lipinski definition) is 2. The van der Waals surface area contributed by atoms with Crippen LogP contribution in [0.3, 0.4) is 0 Å². The van der Waals surface area contributed by atoms with Crippen molar-refractivity contribution in [2.45, 2.75) is 6.92 Å². The molecule has 0 fully saturated rings. The van der Waals surface area contributed by atoms with Crippen LogP contribution >= 0.6 is 0 Å². The van der Waals surface area contributed by atoms with E-state index in [4.69, 9.17) is 0 Å². The lowest BCUT2D eigenvalue weighted by Crippen LogP contribution is -2.36. The van der Waals surface area contributed by atoms with E-state index in [9.17, 15) is 4.79 Å². The van der Waals surface area contributed by atoms with Crippen LogP contribution in [0.15, 0.2) is 61.3 Å². The van der Waals surface area contributed by atoms with Crippen LogP contribution in [0.5, 0.6) is 0 Å². The fourth-order valence-corrected chi connectivity index (χ4v) is 2.30. The van der Waals surface area contributed by atoms with Gasteiger partial charge in [-0.15, -0.1) is 0 Å². The molecule has 0 spiro atoms. The number of hydrogen-bond acceptors (Lipinski definition) is 4. The largest absolute Gasteiger partial charge is 0.297 e. The SMILES string of the molecule is C=C(NNC(=O)c1cc(C)nc2ccccc12)c1ccccn1. The van der Waals surface area contributed by atoms with Crippen LogP contribution in [-0.4, -0.2) is 15.9 Å². The number of aromatic nitrogens is 2. The van der Waals surface area contributed by atoms with Gasteiger partial charge in [-0.05, 0) is 31.2 Å². The maximum Gasteiger partial charge on any atom is 0.270 e. The molecule has 1 amide bonds. The molecular weight excluding hydrogens is 288 g/mol. The molecule has 0 aliphatic rings. The average Bonchev–Trinajstić information content (AvgIpc) is 2.59. The fraction of sp³-hybridized carbons (Fsp3) is 0.0556.